The van der Waals surface area contributed by atoms with E-state index in [4.69, 9.17) is 10.5 Å². The number of benzene rings is 2. The Morgan fingerprint density at radius 3 is 2.32 bits per heavy atom. The molecule has 7 heteroatoms. The topological polar surface area (TPSA) is 84.7 Å². The molecule has 0 aromatic heterocycles. The van der Waals surface area contributed by atoms with Crippen molar-refractivity contribution in [2.45, 2.75) is 25.4 Å². The molecule has 0 radical (unpaired) electrons. The van der Waals surface area contributed by atoms with E-state index in [-0.39, 0.29) is 18.6 Å². The molecule has 2 amide bonds. The summed E-state index contributed by atoms with van der Waals surface area (Å²) in [5, 5.41) is 3.04. The summed E-state index contributed by atoms with van der Waals surface area (Å²) in [5.74, 6) is -0.0921. The average molecular weight is 446 g/mol. The van der Waals surface area contributed by atoms with Gasteiger partial charge < -0.3 is 15.8 Å². The van der Waals surface area contributed by atoms with Crippen molar-refractivity contribution in [1.82, 2.24) is 10.2 Å². The van der Waals surface area contributed by atoms with Crippen molar-refractivity contribution in [3.8, 4) is 5.75 Å². The normalized spacial score (nSPS) is 15.2. The maximum atomic E-state index is 12.1. The number of nitrogens with two attached hydrogens (primary N) is 1. The molecule has 1 fully saturated rings. The van der Waals surface area contributed by atoms with Gasteiger partial charge in [-0.15, -0.1) is 0 Å². The number of carbonyl (C=O) groups is 2. The van der Waals surface area contributed by atoms with Crippen LogP contribution >= 0.6 is 15.9 Å². The molecule has 148 valence electrons. The average Bonchev–Trinajstić information content (AvgIpc) is 2.70. The van der Waals surface area contributed by atoms with Gasteiger partial charge in [-0.3, -0.25) is 14.5 Å². The molecule has 0 unspecified atom stereocenters. The van der Waals surface area contributed by atoms with Gasteiger partial charge in [0.25, 0.3) is 5.91 Å². The second-order valence-corrected chi connectivity index (χ2v) is 7.84. The molecule has 3 N–H and O–H groups in total. The predicted octanol–water partition coefficient (Wildman–Crippen LogP) is 2.71. The van der Waals surface area contributed by atoms with E-state index in [2.05, 4.69) is 50.4 Å². The molecule has 2 aromatic carbocycles. The summed E-state index contributed by atoms with van der Waals surface area (Å²) < 4.78 is 6.56. The van der Waals surface area contributed by atoms with Gasteiger partial charge in [-0.1, -0.05) is 28.1 Å². The first kappa shape index (κ1) is 20.4. The number of ether oxygens (including phenoxy) is 1. The predicted molar refractivity (Wildman–Crippen MR) is 111 cm³/mol. The minimum Gasteiger partial charge on any atom is -0.484 e. The van der Waals surface area contributed by atoms with Crippen LogP contribution in [0.15, 0.2) is 53.0 Å². The molecule has 28 heavy (non-hydrogen) atoms. The Labute approximate surface area is 173 Å². The summed E-state index contributed by atoms with van der Waals surface area (Å²) in [7, 11) is 0. The van der Waals surface area contributed by atoms with Crippen molar-refractivity contribution in [3.63, 3.8) is 0 Å². The van der Waals surface area contributed by atoms with Crippen LogP contribution in [0.2, 0.25) is 0 Å². The van der Waals surface area contributed by atoms with Crippen molar-refractivity contribution in [3.05, 3.63) is 64.1 Å². The zero-order valence-corrected chi connectivity index (χ0v) is 17.2. The van der Waals surface area contributed by atoms with Crippen LogP contribution in [0.4, 0.5) is 0 Å². The van der Waals surface area contributed by atoms with E-state index < -0.39 is 5.91 Å². The Morgan fingerprint density at radius 1 is 1.07 bits per heavy atom. The zero-order valence-electron chi connectivity index (χ0n) is 15.6. The number of primary amides is 1. The molecule has 0 aliphatic carbocycles. The third-order valence-electron chi connectivity index (χ3n) is 4.78. The molecule has 1 aliphatic heterocycles. The molecule has 0 bridgehead atoms. The smallest absolute Gasteiger partial charge is 0.258 e. The van der Waals surface area contributed by atoms with E-state index >= 15 is 0 Å². The zero-order chi connectivity index (χ0) is 19.9. The number of nitrogens with one attached hydrogen (secondary N) is 1. The Kier molecular flexibility index (Phi) is 7.06. The van der Waals surface area contributed by atoms with E-state index in [1.807, 2.05) is 0 Å². The van der Waals surface area contributed by atoms with Crippen LogP contribution in [0, 0.1) is 0 Å². The number of halogens is 1. The van der Waals surface area contributed by atoms with Gasteiger partial charge in [0, 0.05) is 35.7 Å². The van der Waals surface area contributed by atoms with Gasteiger partial charge >= 0.3 is 0 Å². The van der Waals surface area contributed by atoms with Crippen LogP contribution in [-0.4, -0.2) is 42.5 Å². The van der Waals surface area contributed by atoms with Crippen molar-refractivity contribution >= 4 is 27.7 Å². The number of likely N-dealkylation sites (tertiary alicyclic amines) is 1. The van der Waals surface area contributed by atoms with E-state index in [0.29, 0.717) is 11.3 Å². The Morgan fingerprint density at radius 2 is 1.71 bits per heavy atom. The molecule has 6 nitrogen and oxygen atoms in total. The summed E-state index contributed by atoms with van der Waals surface area (Å²) in [4.78, 5) is 25.6. The third-order valence-corrected chi connectivity index (χ3v) is 5.31. The molecule has 0 spiro atoms. The largest absolute Gasteiger partial charge is 0.484 e. The number of carbonyl (C=O) groups excluding carboxylic acids is 2. The van der Waals surface area contributed by atoms with E-state index in [0.717, 1.165) is 36.9 Å². The van der Waals surface area contributed by atoms with Gasteiger partial charge in [-0.05, 0) is 54.8 Å². The second-order valence-electron chi connectivity index (χ2n) is 6.92. The highest BCUT2D eigenvalue weighted by molar-refractivity contribution is 9.10. The van der Waals surface area contributed by atoms with Gasteiger partial charge in [0.1, 0.15) is 5.75 Å². The summed E-state index contributed by atoms with van der Waals surface area (Å²) in [6.45, 7) is 2.79. The molecule has 1 saturated heterocycles. The first-order chi connectivity index (χ1) is 13.5. The van der Waals surface area contributed by atoms with Crippen molar-refractivity contribution < 1.29 is 14.3 Å². The first-order valence-electron chi connectivity index (χ1n) is 9.28. The molecule has 0 atom stereocenters. The number of piperidine rings is 1. The van der Waals surface area contributed by atoms with Gasteiger partial charge in [-0.25, -0.2) is 0 Å². The third kappa shape index (κ3) is 6.07. The van der Waals surface area contributed by atoms with Crippen LogP contribution in [0.5, 0.6) is 5.75 Å². The van der Waals surface area contributed by atoms with Gasteiger partial charge in [0.15, 0.2) is 6.61 Å². The lowest BCUT2D eigenvalue weighted by Gasteiger charge is -2.32. The standard InChI is InChI=1S/C21H24BrN3O3/c22-17-5-1-15(2-6-17)13-25-11-9-18(10-12-25)24-20(26)14-28-19-7-3-16(4-8-19)21(23)27/h1-8,18H,9-14H2,(H2,23,27)(H,24,26). The van der Waals surface area contributed by atoms with Crippen LogP contribution in [0.3, 0.4) is 0 Å². The van der Waals surface area contributed by atoms with Crippen LogP contribution in [-0.2, 0) is 11.3 Å². The van der Waals surface area contributed by atoms with Crippen LogP contribution < -0.4 is 15.8 Å². The van der Waals surface area contributed by atoms with Crippen LogP contribution in [0.1, 0.15) is 28.8 Å². The lowest BCUT2D eigenvalue weighted by Crippen LogP contribution is -2.45. The Bertz CT molecular complexity index is 801. The fraction of sp³-hybridized carbons (Fsp3) is 0.333. The minimum atomic E-state index is -0.490. The molecule has 3 rings (SSSR count). The number of amides is 2. The fourth-order valence-electron chi connectivity index (χ4n) is 3.22. The highest BCUT2D eigenvalue weighted by atomic mass is 79.9. The molecule has 2 aromatic rings. The number of hydrogen-bond acceptors (Lipinski definition) is 4. The van der Waals surface area contributed by atoms with Crippen molar-refractivity contribution in [1.29, 1.82) is 0 Å². The number of nitrogens with zero attached hydrogens (tertiary/aromatic N) is 1. The number of rotatable bonds is 7. The quantitative estimate of drug-likeness (QED) is 0.685. The Balaban J connectivity index is 1.37. The highest BCUT2D eigenvalue weighted by Crippen LogP contribution is 2.16. The van der Waals surface area contributed by atoms with Gasteiger partial charge in [-0.2, -0.15) is 0 Å². The summed E-state index contributed by atoms with van der Waals surface area (Å²) >= 11 is 3.46. The molecule has 1 heterocycles. The first-order valence-corrected chi connectivity index (χ1v) is 10.1. The SMILES string of the molecule is NC(=O)c1ccc(OCC(=O)NC2CCN(Cc3ccc(Br)cc3)CC2)cc1. The maximum absolute atomic E-state index is 12.1. The monoisotopic (exact) mass is 445 g/mol. The van der Waals surface area contributed by atoms with Crippen molar-refractivity contribution in [2.75, 3.05) is 19.7 Å². The van der Waals surface area contributed by atoms with Crippen molar-refractivity contribution in [2.24, 2.45) is 5.73 Å². The summed E-state index contributed by atoms with van der Waals surface area (Å²) in [6.07, 6.45) is 1.85. The van der Waals surface area contributed by atoms with E-state index in [1.54, 1.807) is 24.3 Å². The number of hydrogen-bond donors (Lipinski definition) is 2. The van der Waals surface area contributed by atoms with E-state index in [9.17, 15) is 9.59 Å². The van der Waals surface area contributed by atoms with Gasteiger partial charge in [0.05, 0.1) is 0 Å². The lowest BCUT2D eigenvalue weighted by molar-refractivity contribution is -0.124. The summed E-state index contributed by atoms with van der Waals surface area (Å²) in [6, 6.07) is 15.0. The summed E-state index contributed by atoms with van der Waals surface area (Å²) in [5.41, 5.74) is 6.90. The van der Waals surface area contributed by atoms with E-state index in [1.165, 1.54) is 5.56 Å². The van der Waals surface area contributed by atoms with Gasteiger partial charge in [0.2, 0.25) is 5.91 Å². The molecular weight excluding hydrogens is 422 g/mol. The fourth-order valence-corrected chi connectivity index (χ4v) is 3.48. The molecular formula is C21H24BrN3O3. The highest BCUT2D eigenvalue weighted by Gasteiger charge is 2.20. The maximum Gasteiger partial charge on any atom is 0.258 e. The second kappa shape index (κ2) is 9.71. The van der Waals surface area contributed by atoms with Crippen LogP contribution in [0.25, 0.3) is 0 Å². The molecule has 0 saturated carbocycles. The molecule has 1 aliphatic rings. The Hall–Kier alpha value is -2.38. The lowest BCUT2D eigenvalue weighted by atomic mass is 10.0. The minimum absolute atomic E-state index is 0.0466.